The van der Waals surface area contributed by atoms with Crippen molar-refractivity contribution in [1.29, 1.82) is 0 Å². The Morgan fingerprint density at radius 1 is 1.43 bits per heavy atom. The molecule has 0 aliphatic heterocycles. The number of nitro groups is 1. The topological polar surface area (TPSA) is 101 Å². The molecule has 2 aromatic rings. The van der Waals surface area contributed by atoms with Crippen LogP contribution in [0.3, 0.4) is 0 Å². The first-order valence-electron chi connectivity index (χ1n) is 5.91. The number of aryl methyl sites for hydroxylation is 1. The first-order chi connectivity index (χ1) is 9.92. The first kappa shape index (κ1) is 14.6. The average molecular weight is 296 g/mol. The fourth-order valence-corrected chi connectivity index (χ4v) is 1.66. The molecule has 0 radical (unpaired) electrons. The normalized spacial score (nSPS) is 10.4. The minimum absolute atomic E-state index is 0.114. The molecule has 1 heterocycles. The van der Waals surface area contributed by atoms with Gasteiger partial charge in [-0.15, -0.1) is 0 Å². The van der Waals surface area contributed by atoms with Crippen molar-refractivity contribution in [2.75, 3.05) is 5.32 Å². The van der Waals surface area contributed by atoms with E-state index in [1.807, 2.05) is 6.92 Å². The molecule has 0 atom stereocenters. The maximum Gasteiger partial charge on any atom is 0.308 e. The van der Waals surface area contributed by atoms with Crippen LogP contribution in [0.25, 0.3) is 0 Å². The van der Waals surface area contributed by atoms with Crippen LogP contribution in [0, 0.1) is 21.7 Å². The van der Waals surface area contributed by atoms with E-state index < -0.39 is 33.7 Å². The van der Waals surface area contributed by atoms with Crippen molar-refractivity contribution in [2.24, 2.45) is 0 Å². The fourth-order valence-electron chi connectivity index (χ4n) is 1.66. The number of carbonyl (C=O) groups excluding carboxylic acids is 1. The third-order valence-corrected chi connectivity index (χ3v) is 2.71. The van der Waals surface area contributed by atoms with Gasteiger partial charge < -0.3 is 5.32 Å². The molecule has 1 aromatic carbocycles. The van der Waals surface area contributed by atoms with E-state index in [-0.39, 0.29) is 5.82 Å². The largest absolute Gasteiger partial charge is 0.308 e. The summed E-state index contributed by atoms with van der Waals surface area (Å²) in [7, 11) is 0. The second kappa shape index (κ2) is 5.65. The van der Waals surface area contributed by atoms with Gasteiger partial charge in [0.1, 0.15) is 5.82 Å². The molecule has 0 saturated heterocycles. The Bertz CT molecular complexity index is 715. The number of aromatic amines is 1. The second-order valence-electron chi connectivity index (χ2n) is 4.13. The number of aromatic nitrogens is 2. The lowest BCUT2D eigenvalue weighted by atomic mass is 10.1. The van der Waals surface area contributed by atoms with Crippen LogP contribution in [0.2, 0.25) is 0 Å². The summed E-state index contributed by atoms with van der Waals surface area (Å²) in [6.07, 6.45) is 0.642. The molecule has 0 bridgehead atoms. The van der Waals surface area contributed by atoms with Gasteiger partial charge in [0.15, 0.2) is 5.82 Å². The average Bonchev–Trinajstić information content (AvgIpc) is 2.88. The van der Waals surface area contributed by atoms with Crippen LogP contribution in [0.1, 0.15) is 23.0 Å². The molecule has 9 heteroatoms. The predicted octanol–water partition coefficient (Wildman–Crippen LogP) is 2.41. The number of carbonyl (C=O) groups is 1. The van der Waals surface area contributed by atoms with Crippen molar-refractivity contribution in [2.45, 2.75) is 13.3 Å². The third-order valence-electron chi connectivity index (χ3n) is 2.71. The molecule has 2 N–H and O–H groups in total. The molecule has 110 valence electrons. The van der Waals surface area contributed by atoms with Gasteiger partial charge in [-0.25, -0.2) is 4.39 Å². The van der Waals surface area contributed by atoms with Crippen molar-refractivity contribution in [3.05, 3.63) is 51.2 Å². The summed E-state index contributed by atoms with van der Waals surface area (Å²) < 4.78 is 27.1. The Labute approximate surface area is 117 Å². The molecule has 2 rings (SSSR count). The molecule has 7 nitrogen and oxygen atoms in total. The number of H-pyrrole nitrogens is 1. The van der Waals surface area contributed by atoms with Gasteiger partial charge in [-0.3, -0.25) is 20.0 Å². The highest BCUT2D eigenvalue weighted by Crippen LogP contribution is 2.23. The highest BCUT2D eigenvalue weighted by Gasteiger charge is 2.24. The molecular formula is C12H10F2N4O3. The molecule has 0 fully saturated rings. The summed E-state index contributed by atoms with van der Waals surface area (Å²) >= 11 is 0. The molecule has 0 aliphatic rings. The van der Waals surface area contributed by atoms with Gasteiger partial charge in [0, 0.05) is 11.8 Å². The third kappa shape index (κ3) is 3.02. The zero-order chi connectivity index (χ0) is 15.6. The second-order valence-corrected chi connectivity index (χ2v) is 4.13. The van der Waals surface area contributed by atoms with E-state index in [4.69, 9.17) is 0 Å². The van der Waals surface area contributed by atoms with Crippen LogP contribution in [-0.4, -0.2) is 21.0 Å². The van der Waals surface area contributed by atoms with Gasteiger partial charge in [0.2, 0.25) is 5.82 Å². The highest BCUT2D eigenvalue weighted by atomic mass is 19.1. The number of hydrogen-bond donors (Lipinski definition) is 2. The van der Waals surface area contributed by atoms with Crippen molar-refractivity contribution in [3.63, 3.8) is 0 Å². The van der Waals surface area contributed by atoms with E-state index in [0.29, 0.717) is 18.6 Å². The molecular weight excluding hydrogens is 286 g/mol. The lowest BCUT2D eigenvalue weighted by molar-refractivity contribution is -0.387. The van der Waals surface area contributed by atoms with Crippen molar-refractivity contribution >= 4 is 17.4 Å². The van der Waals surface area contributed by atoms with Crippen LogP contribution in [0.4, 0.5) is 20.3 Å². The van der Waals surface area contributed by atoms with E-state index in [2.05, 4.69) is 15.5 Å². The minimum atomic E-state index is -1.40. The SMILES string of the molecule is CCc1cc(NC(=O)c2cc(F)cc([N+](=O)[O-])c2F)n[nH]1. The molecule has 1 aromatic heterocycles. The lowest BCUT2D eigenvalue weighted by Gasteiger charge is -2.04. The van der Waals surface area contributed by atoms with Crippen LogP contribution in [0.5, 0.6) is 0 Å². The van der Waals surface area contributed by atoms with E-state index in [1.54, 1.807) is 0 Å². The smallest absolute Gasteiger partial charge is 0.305 e. The molecule has 0 saturated carbocycles. The van der Waals surface area contributed by atoms with E-state index >= 15 is 0 Å². The van der Waals surface area contributed by atoms with Crippen LogP contribution in [-0.2, 0) is 6.42 Å². The summed E-state index contributed by atoms with van der Waals surface area (Å²) in [6.45, 7) is 1.86. The summed E-state index contributed by atoms with van der Waals surface area (Å²) in [5.74, 6) is -3.39. The molecule has 1 amide bonds. The van der Waals surface area contributed by atoms with Gasteiger partial charge in [-0.1, -0.05) is 6.92 Å². The van der Waals surface area contributed by atoms with Crippen LogP contribution in [0.15, 0.2) is 18.2 Å². The number of nitrogens with zero attached hydrogens (tertiary/aromatic N) is 2. The van der Waals surface area contributed by atoms with Gasteiger partial charge in [-0.2, -0.15) is 9.49 Å². The summed E-state index contributed by atoms with van der Waals surface area (Å²) in [6, 6.07) is 2.52. The van der Waals surface area contributed by atoms with E-state index in [1.165, 1.54) is 6.07 Å². The van der Waals surface area contributed by atoms with Crippen molar-refractivity contribution < 1.29 is 18.5 Å². The fraction of sp³-hybridized carbons (Fsp3) is 0.167. The number of nitrogens with one attached hydrogen (secondary N) is 2. The summed E-state index contributed by atoms with van der Waals surface area (Å²) in [4.78, 5) is 21.4. The van der Waals surface area contributed by atoms with E-state index in [0.717, 1.165) is 5.69 Å². The first-order valence-corrected chi connectivity index (χ1v) is 5.91. The molecule has 0 aliphatic carbocycles. The van der Waals surface area contributed by atoms with E-state index in [9.17, 15) is 23.7 Å². The highest BCUT2D eigenvalue weighted by molar-refractivity contribution is 6.04. The zero-order valence-corrected chi connectivity index (χ0v) is 10.8. The Balaban J connectivity index is 2.32. The lowest BCUT2D eigenvalue weighted by Crippen LogP contribution is -2.15. The van der Waals surface area contributed by atoms with Gasteiger partial charge in [0.25, 0.3) is 5.91 Å². The number of benzene rings is 1. The number of anilines is 1. The van der Waals surface area contributed by atoms with Gasteiger partial charge >= 0.3 is 5.69 Å². The maximum absolute atomic E-state index is 13.8. The minimum Gasteiger partial charge on any atom is -0.305 e. The molecule has 21 heavy (non-hydrogen) atoms. The molecule has 0 unspecified atom stereocenters. The Morgan fingerprint density at radius 3 is 2.71 bits per heavy atom. The number of halogens is 2. The quantitative estimate of drug-likeness (QED) is 0.668. The summed E-state index contributed by atoms with van der Waals surface area (Å²) in [5.41, 5.74) is -1.13. The predicted molar refractivity (Wildman–Crippen MR) is 68.9 cm³/mol. The number of nitro benzene ring substituents is 1. The maximum atomic E-state index is 13.8. The number of amides is 1. The number of hydrogen-bond acceptors (Lipinski definition) is 4. The monoisotopic (exact) mass is 296 g/mol. The van der Waals surface area contributed by atoms with Crippen LogP contribution >= 0.6 is 0 Å². The number of rotatable bonds is 4. The Hall–Kier alpha value is -2.84. The van der Waals surface area contributed by atoms with Crippen molar-refractivity contribution in [3.8, 4) is 0 Å². The van der Waals surface area contributed by atoms with Crippen LogP contribution < -0.4 is 5.32 Å². The van der Waals surface area contributed by atoms with Gasteiger partial charge in [-0.05, 0) is 12.5 Å². The zero-order valence-electron chi connectivity index (χ0n) is 10.8. The van der Waals surface area contributed by atoms with Gasteiger partial charge in [0.05, 0.1) is 16.6 Å². The molecule has 0 spiro atoms. The Kier molecular flexibility index (Phi) is 3.92. The Morgan fingerprint density at radius 2 is 2.14 bits per heavy atom. The summed E-state index contributed by atoms with van der Waals surface area (Å²) in [5, 5.41) is 19.2. The standard InChI is InChI=1S/C12H10F2N4O3/c1-2-7-5-10(17-16-7)15-12(19)8-3-6(13)4-9(11(8)14)18(20)21/h3-5H,2H2,1H3,(H2,15,16,17,19). The van der Waals surface area contributed by atoms with Crippen molar-refractivity contribution in [1.82, 2.24) is 10.2 Å².